The van der Waals surface area contributed by atoms with E-state index in [1.54, 1.807) is 20.8 Å². The maximum Gasteiger partial charge on any atom is 0.322 e. The van der Waals surface area contributed by atoms with Crippen LogP contribution >= 0.6 is 0 Å². The van der Waals surface area contributed by atoms with Gasteiger partial charge >= 0.3 is 11.9 Å². The van der Waals surface area contributed by atoms with E-state index < -0.39 is 127 Å². The van der Waals surface area contributed by atoms with Gasteiger partial charge in [0.1, 0.15) is 36.8 Å². The van der Waals surface area contributed by atoms with Gasteiger partial charge in [-0.3, -0.25) is 47.9 Å². The molecular weight excluding hydrogens is 690 g/mol. The van der Waals surface area contributed by atoms with Gasteiger partial charge in [-0.2, -0.15) is 0 Å². The number of carbonyl (C=O) groups is 10. The number of hydrogen-bond donors (Lipinski definition) is 9. The Hall–Kier alpha value is -5.14. The summed E-state index contributed by atoms with van der Waals surface area (Å²) in [7, 11) is 0. The molecular formula is C32H51N7O13. The van der Waals surface area contributed by atoms with E-state index in [1.165, 1.54) is 25.7 Å². The molecule has 1 fully saturated rings. The van der Waals surface area contributed by atoms with E-state index in [1.807, 2.05) is 5.32 Å². The van der Waals surface area contributed by atoms with Gasteiger partial charge in [0.25, 0.3) is 5.91 Å². The summed E-state index contributed by atoms with van der Waals surface area (Å²) in [5.74, 6) is -10.3. The normalized spacial score (nSPS) is 17.3. The first-order valence-electron chi connectivity index (χ1n) is 16.9. The fourth-order valence-electron chi connectivity index (χ4n) is 5.33. The van der Waals surface area contributed by atoms with Crippen molar-refractivity contribution in [1.82, 2.24) is 36.8 Å². The molecule has 1 unspecified atom stereocenters. The summed E-state index contributed by atoms with van der Waals surface area (Å²) in [5.41, 5.74) is 0. The molecule has 7 atom stereocenters. The van der Waals surface area contributed by atoms with E-state index in [2.05, 4.69) is 26.6 Å². The zero-order valence-corrected chi connectivity index (χ0v) is 30.1. The van der Waals surface area contributed by atoms with Crippen LogP contribution in [0.5, 0.6) is 0 Å². The molecule has 0 aromatic rings. The molecule has 0 aromatic heterocycles. The number of ketones is 1. The van der Waals surface area contributed by atoms with Crippen LogP contribution in [0.25, 0.3) is 0 Å². The Morgan fingerprint density at radius 2 is 1.37 bits per heavy atom. The summed E-state index contributed by atoms with van der Waals surface area (Å²) in [6.45, 7) is 7.88. The predicted octanol–water partition coefficient (Wildman–Crippen LogP) is -3.09. The lowest BCUT2D eigenvalue weighted by atomic mass is 10.0. The summed E-state index contributed by atoms with van der Waals surface area (Å²) in [5, 5.41) is 42.3. The van der Waals surface area contributed by atoms with Crippen molar-refractivity contribution in [1.29, 1.82) is 0 Å². The fraction of sp³-hybridized carbons (Fsp3) is 0.688. The molecule has 0 aromatic carbocycles. The molecule has 0 saturated carbocycles. The first-order valence-corrected chi connectivity index (χ1v) is 16.9. The number of amides is 7. The van der Waals surface area contributed by atoms with E-state index in [4.69, 9.17) is 10.2 Å². The number of Topliss-reactive ketones (excluding diaryl/α,β-unsaturated/α-hetero) is 1. The average molecular weight is 742 g/mol. The summed E-state index contributed by atoms with van der Waals surface area (Å²) >= 11 is 0. The zero-order valence-electron chi connectivity index (χ0n) is 30.1. The third-order valence-corrected chi connectivity index (χ3v) is 8.06. The minimum Gasteiger partial charge on any atom is -0.481 e. The largest absolute Gasteiger partial charge is 0.481 e. The Balaban J connectivity index is 3.16. The Bertz CT molecular complexity index is 1370. The summed E-state index contributed by atoms with van der Waals surface area (Å²) in [6, 6.07) is -7.95. The van der Waals surface area contributed by atoms with Crippen molar-refractivity contribution in [3.63, 3.8) is 0 Å². The molecule has 0 spiro atoms. The van der Waals surface area contributed by atoms with Gasteiger partial charge in [-0.05, 0) is 45.4 Å². The van der Waals surface area contributed by atoms with Crippen LogP contribution in [0.3, 0.4) is 0 Å². The van der Waals surface area contributed by atoms with Crippen LogP contribution in [0, 0.1) is 5.92 Å². The quantitative estimate of drug-likeness (QED) is 0.0528. The maximum atomic E-state index is 13.8. The van der Waals surface area contributed by atoms with Crippen LogP contribution in [-0.2, 0) is 47.9 Å². The molecule has 1 aliphatic heterocycles. The minimum absolute atomic E-state index is 0.0536. The van der Waals surface area contributed by atoms with E-state index >= 15 is 0 Å². The third-order valence-electron chi connectivity index (χ3n) is 8.06. The van der Waals surface area contributed by atoms with Crippen molar-refractivity contribution in [2.24, 2.45) is 5.92 Å². The van der Waals surface area contributed by atoms with Crippen LogP contribution in [0.1, 0.15) is 80.1 Å². The lowest BCUT2D eigenvalue weighted by molar-refractivity contribution is -0.145. The lowest BCUT2D eigenvalue weighted by Crippen LogP contribution is -2.62. The molecule has 0 bridgehead atoms. The number of carbonyl (C=O) groups excluding carboxylic acids is 8. The van der Waals surface area contributed by atoms with Crippen molar-refractivity contribution < 1.29 is 63.3 Å². The van der Waals surface area contributed by atoms with Crippen molar-refractivity contribution in [2.45, 2.75) is 122 Å². The second-order valence-electron chi connectivity index (χ2n) is 12.9. The SMILES string of the molecule is CCC[C@H](NC(=O)[C@@H]1CCCN1C(=O)[C@@H](NC(=O)[C@@H](NC(=O)[C@H](CCC(=O)O)NC(=O)[C@H](C)NC(C)=O)C(C)O)C(C)C)C(=O)C(=O)NCC(=O)O. The number of aliphatic hydroxyl groups is 1. The summed E-state index contributed by atoms with van der Waals surface area (Å²) in [4.78, 5) is 126. The Labute approximate surface area is 300 Å². The fourth-order valence-corrected chi connectivity index (χ4v) is 5.33. The number of nitrogens with one attached hydrogen (secondary N) is 6. The Kier molecular flexibility index (Phi) is 18.4. The highest BCUT2D eigenvalue weighted by Crippen LogP contribution is 2.21. The molecule has 292 valence electrons. The van der Waals surface area contributed by atoms with E-state index in [-0.39, 0.29) is 19.4 Å². The first kappa shape index (κ1) is 44.9. The summed E-state index contributed by atoms with van der Waals surface area (Å²) < 4.78 is 0. The minimum atomic E-state index is -1.69. The van der Waals surface area contributed by atoms with Crippen LogP contribution in [0.4, 0.5) is 0 Å². The second kappa shape index (κ2) is 21.3. The summed E-state index contributed by atoms with van der Waals surface area (Å²) in [6.07, 6.45) is -1.52. The third kappa shape index (κ3) is 14.2. The highest BCUT2D eigenvalue weighted by molar-refractivity contribution is 6.38. The van der Waals surface area contributed by atoms with Gasteiger partial charge < -0.3 is 52.1 Å². The number of nitrogens with zero attached hydrogens (tertiary/aromatic N) is 1. The van der Waals surface area contributed by atoms with Crippen molar-refractivity contribution in [3.05, 3.63) is 0 Å². The highest BCUT2D eigenvalue weighted by Gasteiger charge is 2.41. The van der Waals surface area contributed by atoms with Crippen molar-refractivity contribution in [3.8, 4) is 0 Å². The number of likely N-dealkylation sites (tertiary alicyclic amines) is 1. The topological polar surface area (TPSA) is 307 Å². The van der Waals surface area contributed by atoms with E-state index in [0.29, 0.717) is 12.8 Å². The Morgan fingerprint density at radius 1 is 0.750 bits per heavy atom. The Morgan fingerprint density at radius 3 is 1.88 bits per heavy atom. The molecule has 0 radical (unpaired) electrons. The molecule has 0 aliphatic carbocycles. The van der Waals surface area contributed by atoms with Crippen LogP contribution in [0.15, 0.2) is 0 Å². The van der Waals surface area contributed by atoms with Gasteiger partial charge in [0.15, 0.2) is 0 Å². The predicted molar refractivity (Wildman–Crippen MR) is 180 cm³/mol. The molecule has 1 rings (SSSR count). The van der Waals surface area contributed by atoms with Gasteiger partial charge in [0, 0.05) is 19.9 Å². The number of carboxylic acid groups (broad SMARTS) is 2. The molecule has 7 amide bonds. The van der Waals surface area contributed by atoms with Gasteiger partial charge in [0.05, 0.1) is 12.1 Å². The van der Waals surface area contributed by atoms with Crippen molar-refractivity contribution >= 4 is 59.1 Å². The molecule has 1 aliphatic rings. The smallest absolute Gasteiger partial charge is 0.322 e. The number of carboxylic acids is 2. The molecule has 20 heteroatoms. The van der Waals surface area contributed by atoms with Gasteiger partial charge in [0.2, 0.25) is 41.2 Å². The zero-order chi connectivity index (χ0) is 39.9. The monoisotopic (exact) mass is 741 g/mol. The average Bonchev–Trinajstić information content (AvgIpc) is 3.55. The maximum absolute atomic E-state index is 13.8. The number of hydrogen-bond acceptors (Lipinski definition) is 11. The van der Waals surface area contributed by atoms with Gasteiger partial charge in [-0.15, -0.1) is 0 Å². The van der Waals surface area contributed by atoms with E-state index in [0.717, 1.165) is 0 Å². The molecule has 1 heterocycles. The van der Waals surface area contributed by atoms with E-state index in [9.17, 15) is 53.1 Å². The standard InChI is InChI=1S/C32H51N7O13/c1-7-9-19(26(46)31(51)33-14-23(44)45)35-29(49)21-10-8-13-39(21)32(52)24(15(2)3)37-30(50)25(17(5)40)38-28(48)20(11-12-22(42)43)36-27(47)16(4)34-18(6)41/h15-17,19-21,24-25,40H,7-14H2,1-6H3,(H,33,51)(H,34,41)(H,35,49)(H,36,47)(H,37,50)(H,38,48)(H,42,43)(H,44,45)/t16-,17?,19-,20-,21-,24-,25-/m0/s1. The molecule has 1 saturated heterocycles. The number of rotatable bonds is 21. The highest BCUT2D eigenvalue weighted by atomic mass is 16.4. The molecule has 52 heavy (non-hydrogen) atoms. The van der Waals surface area contributed by atoms with Crippen LogP contribution < -0.4 is 31.9 Å². The van der Waals surface area contributed by atoms with Gasteiger partial charge in [-0.1, -0.05) is 27.2 Å². The number of aliphatic hydroxyl groups excluding tert-OH is 1. The number of aliphatic carboxylic acids is 2. The van der Waals surface area contributed by atoms with Gasteiger partial charge in [-0.25, -0.2) is 0 Å². The first-order chi connectivity index (χ1) is 24.2. The van der Waals surface area contributed by atoms with Crippen molar-refractivity contribution in [2.75, 3.05) is 13.1 Å². The molecule has 9 N–H and O–H groups in total. The molecule has 20 nitrogen and oxygen atoms in total. The lowest BCUT2D eigenvalue weighted by Gasteiger charge is -2.32. The van der Waals surface area contributed by atoms with Crippen LogP contribution in [-0.4, -0.2) is 135 Å². The van der Waals surface area contributed by atoms with Crippen LogP contribution in [0.2, 0.25) is 0 Å². The second-order valence-corrected chi connectivity index (χ2v) is 12.9.